The summed E-state index contributed by atoms with van der Waals surface area (Å²) in [6.45, 7) is 16.8. The summed E-state index contributed by atoms with van der Waals surface area (Å²) < 4.78 is 0. The number of rotatable bonds is 11. The number of hydrogen-bond donors (Lipinski definition) is 1. The van der Waals surface area contributed by atoms with Crippen molar-refractivity contribution in [1.82, 2.24) is 10.2 Å². The highest BCUT2D eigenvalue weighted by Crippen LogP contribution is 2.20. The number of hydrogen-bond acceptors (Lipinski definition) is 2. The van der Waals surface area contributed by atoms with E-state index in [0.29, 0.717) is 6.04 Å². The van der Waals surface area contributed by atoms with Crippen molar-refractivity contribution in [3.63, 3.8) is 0 Å². The first-order valence-corrected chi connectivity index (χ1v) is 8.13. The van der Waals surface area contributed by atoms with Crippen molar-refractivity contribution in [2.24, 2.45) is 0 Å². The summed E-state index contributed by atoms with van der Waals surface area (Å²) in [7, 11) is 4.08. The van der Waals surface area contributed by atoms with Gasteiger partial charge < -0.3 is 5.32 Å². The maximum atomic E-state index is 4.15. The first-order valence-electron chi connectivity index (χ1n) is 8.13. The van der Waals surface area contributed by atoms with E-state index in [2.05, 4.69) is 61.8 Å². The van der Waals surface area contributed by atoms with Crippen LogP contribution in [0.1, 0.15) is 29.5 Å². The molecule has 0 heterocycles. The van der Waals surface area contributed by atoms with Crippen LogP contribution in [0.2, 0.25) is 0 Å². The Balaban J connectivity index is 2.86. The van der Waals surface area contributed by atoms with E-state index >= 15 is 0 Å². The minimum Gasteiger partial charge on any atom is -0.391 e. The van der Waals surface area contributed by atoms with Gasteiger partial charge in [0, 0.05) is 25.3 Å². The largest absolute Gasteiger partial charge is 0.391 e. The van der Waals surface area contributed by atoms with E-state index in [-0.39, 0.29) is 0 Å². The van der Waals surface area contributed by atoms with Gasteiger partial charge in [0.15, 0.2) is 0 Å². The Kier molecular flexibility index (Phi) is 8.14. The van der Waals surface area contributed by atoms with Crippen molar-refractivity contribution in [1.29, 1.82) is 0 Å². The molecule has 1 aromatic rings. The van der Waals surface area contributed by atoms with Gasteiger partial charge >= 0.3 is 0 Å². The standard InChI is InChI=1S/C21H30N2/c1-7-10-14-21(17(4)22-5)23(6)16-15-20-18(8-2)12-11-13-19(20)9-3/h7-9,11-13,21-22H,1-4,10,14-16H2,5-6H3. The fourth-order valence-electron chi connectivity index (χ4n) is 2.84. The molecule has 0 saturated carbocycles. The molecule has 0 fully saturated rings. The molecule has 0 spiro atoms. The second kappa shape index (κ2) is 9.86. The second-order valence-electron chi connectivity index (χ2n) is 5.71. The van der Waals surface area contributed by atoms with Gasteiger partial charge in [0.25, 0.3) is 0 Å². The zero-order valence-electron chi connectivity index (χ0n) is 14.6. The fourth-order valence-corrected chi connectivity index (χ4v) is 2.84. The van der Waals surface area contributed by atoms with Crippen molar-refractivity contribution in [2.75, 3.05) is 20.6 Å². The Morgan fingerprint density at radius 3 is 2.30 bits per heavy atom. The normalized spacial score (nSPS) is 11.8. The van der Waals surface area contributed by atoms with Crippen LogP contribution in [-0.4, -0.2) is 31.6 Å². The first-order chi connectivity index (χ1) is 11.1. The van der Waals surface area contributed by atoms with Crippen molar-refractivity contribution in [3.8, 4) is 0 Å². The molecule has 2 nitrogen and oxygen atoms in total. The third-order valence-electron chi connectivity index (χ3n) is 4.30. The van der Waals surface area contributed by atoms with E-state index in [1.165, 1.54) is 16.7 Å². The fraction of sp³-hybridized carbons (Fsp3) is 0.333. The molecule has 1 rings (SSSR count). The van der Waals surface area contributed by atoms with Crippen LogP contribution in [0.3, 0.4) is 0 Å². The molecule has 0 aromatic heterocycles. The van der Waals surface area contributed by atoms with Crippen LogP contribution in [-0.2, 0) is 6.42 Å². The molecular weight excluding hydrogens is 280 g/mol. The highest BCUT2D eigenvalue weighted by atomic mass is 15.1. The van der Waals surface area contributed by atoms with E-state index in [4.69, 9.17) is 0 Å². The van der Waals surface area contributed by atoms with E-state index in [9.17, 15) is 0 Å². The molecule has 0 aliphatic heterocycles. The van der Waals surface area contributed by atoms with Crippen LogP contribution in [0.25, 0.3) is 12.2 Å². The molecule has 2 heteroatoms. The third-order valence-corrected chi connectivity index (χ3v) is 4.30. The lowest BCUT2D eigenvalue weighted by molar-refractivity contribution is 0.257. The summed E-state index contributed by atoms with van der Waals surface area (Å²) in [5.41, 5.74) is 4.73. The third kappa shape index (κ3) is 5.26. The van der Waals surface area contributed by atoms with Crippen LogP contribution in [0, 0.1) is 0 Å². The minimum atomic E-state index is 0.307. The van der Waals surface area contributed by atoms with Crippen LogP contribution >= 0.6 is 0 Å². The Bertz CT molecular complexity index is 531. The van der Waals surface area contributed by atoms with Gasteiger partial charge in [0.2, 0.25) is 0 Å². The van der Waals surface area contributed by atoms with E-state index in [1.54, 1.807) is 0 Å². The zero-order chi connectivity index (χ0) is 17.2. The van der Waals surface area contributed by atoms with E-state index < -0.39 is 0 Å². The highest BCUT2D eigenvalue weighted by Gasteiger charge is 2.17. The van der Waals surface area contributed by atoms with Crippen LogP contribution in [0.5, 0.6) is 0 Å². The predicted molar refractivity (Wildman–Crippen MR) is 104 cm³/mol. The van der Waals surface area contributed by atoms with Gasteiger partial charge in [-0.2, -0.15) is 0 Å². The average molecular weight is 310 g/mol. The summed E-state index contributed by atoms with van der Waals surface area (Å²) in [6, 6.07) is 6.58. The van der Waals surface area contributed by atoms with Gasteiger partial charge in [-0.1, -0.05) is 56.2 Å². The lowest BCUT2D eigenvalue weighted by Gasteiger charge is -2.30. The number of allylic oxidation sites excluding steroid dienone is 1. The Labute approximate surface area is 141 Å². The summed E-state index contributed by atoms with van der Waals surface area (Å²) >= 11 is 0. The molecule has 0 aliphatic carbocycles. The van der Waals surface area contributed by atoms with Gasteiger partial charge in [-0.25, -0.2) is 0 Å². The Morgan fingerprint density at radius 2 is 1.83 bits per heavy atom. The molecule has 124 valence electrons. The van der Waals surface area contributed by atoms with E-state index in [1.807, 2.05) is 25.3 Å². The van der Waals surface area contributed by atoms with Gasteiger partial charge in [0.05, 0.1) is 0 Å². The van der Waals surface area contributed by atoms with Gasteiger partial charge in [0.1, 0.15) is 0 Å². The summed E-state index contributed by atoms with van der Waals surface area (Å²) in [5, 5.41) is 3.20. The SMILES string of the molecule is C=CCCC(C(=C)NC)N(C)CCc1c(C=C)cccc1C=C. The molecule has 1 aromatic carbocycles. The van der Waals surface area contributed by atoms with Crippen LogP contribution in [0.4, 0.5) is 0 Å². The first kappa shape index (κ1) is 19.0. The number of nitrogens with zero attached hydrogens (tertiary/aromatic N) is 1. The zero-order valence-corrected chi connectivity index (χ0v) is 14.6. The summed E-state index contributed by atoms with van der Waals surface area (Å²) in [5.74, 6) is 0. The predicted octanol–water partition coefficient (Wildman–Crippen LogP) is 4.51. The molecule has 1 N–H and O–H groups in total. The van der Waals surface area contributed by atoms with Gasteiger partial charge in [-0.05, 0) is 43.0 Å². The highest BCUT2D eigenvalue weighted by molar-refractivity contribution is 5.62. The molecule has 0 amide bonds. The van der Waals surface area contributed by atoms with Crippen molar-refractivity contribution in [3.05, 3.63) is 73.0 Å². The molecule has 0 radical (unpaired) electrons. The smallest absolute Gasteiger partial charge is 0.0489 e. The quantitative estimate of drug-likeness (QED) is 0.605. The molecular formula is C21H30N2. The Hall–Kier alpha value is -2.06. The number of benzene rings is 1. The van der Waals surface area contributed by atoms with Crippen LogP contribution < -0.4 is 5.32 Å². The molecule has 1 atom stereocenters. The maximum Gasteiger partial charge on any atom is 0.0489 e. The number of likely N-dealkylation sites (N-methyl/N-ethyl adjacent to an activating group) is 2. The summed E-state index contributed by atoms with van der Waals surface area (Å²) in [6.07, 6.45) is 8.77. The Morgan fingerprint density at radius 1 is 1.22 bits per heavy atom. The van der Waals surface area contributed by atoms with Crippen molar-refractivity contribution in [2.45, 2.75) is 25.3 Å². The maximum absolute atomic E-state index is 4.15. The molecule has 0 saturated heterocycles. The molecule has 1 unspecified atom stereocenters. The molecule has 0 aliphatic rings. The average Bonchev–Trinajstić information content (AvgIpc) is 2.59. The molecule has 23 heavy (non-hydrogen) atoms. The van der Waals surface area contributed by atoms with Crippen molar-refractivity contribution >= 4 is 12.2 Å². The van der Waals surface area contributed by atoms with E-state index in [0.717, 1.165) is 31.5 Å². The number of nitrogens with one attached hydrogen (secondary N) is 1. The lowest BCUT2D eigenvalue weighted by Crippen LogP contribution is -2.38. The lowest BCUT2D eigenvalue weighted by atomic mass is 9.97. The topological polar surface area (TPSA) is 15.3 Å². The van der Waals surface area contributed by atoms with Gasteiger partial charge in [-0.3, -0.25) is 4.90 Å². The monoisotopic (exact) mass is 310 g/mol. The second-order valence-corrected chi connectivity index (χ2v) is 5.71. The minimum absolute atomic E-state index is 0.307. The van der Waals surface area contributed by atoms with Gasteiger partial charge in [-0.15, -0.1) is 6.58 Å². The van der Waals surface area contributed by atoms with Crippen LogP contribution in [0.15, 0.2) is 56.3 Å². The molecule has 0 bridgehead atoms. The summed E-state index contributed by atoms with van der Waals surface area (Å²) in [4.78, 5) is 2.36. The van der Waals surface area contributed by atoms with Crippen molar-refractivity contribution < 1.29 is 0 Å².